The van der Waals surface area contributed by atoms with Gasteiger partial charge in [0.25, 0.3) is 8.53 Å². The number of nitrogens with zero attached hydrogens (tertiary/aromatic N) is 3. The van der Waals surface area contributed by atoms with Crippen molar-refractivity contribution >= 4 is 36.2 Å². The lowest BCUT2D eigenvalue weighted by atomic mass is 9.55. The molecule has 370 valence electrons. The molecule has 3 aliphatic carbocycles. The predicted molar refractivity (Wildman–Crippen MR) is 233 cm³/mol. The van der Waals surface area contributed by atoms with Gasteiger partial charge in [0, 0.05) is 42.8 Å². The Kier molecular flexibility index (Phi) is 19.4. The van der Waals surface area contributed by atoms with Gasteiger partial charge in [0.2, 0.25) is 0 Å². The Balaban J connectivity index is 1.13. The van der Waals surface area contributed by atoms with Crippen molar-refractivity contribution in [2.24, 2.45) is 17.3 Å². The third-order valence-corrected chi connectivity index (χ3v) is 18.0. The summed E-state index contributed by atoms with van der Waals surface area (Å²) < 4.78 is 150. The quantitative estimate of drug-likeness (QED) is 0.0513. The first-order valence-electron chi connectivity index (χ1n) is 22.6. The zero-order valence-electron chi connectivity index (χ0n) is 37.7. The molecule has 1 aliphatic heterocycles. The molecule has 1 saturated heterocycles. The average Bonchev–Trinajstić information content (AvgIpc) is 3.55. The summed E-state index contributed by atoms with van der Waals surface area (Å²) in [5.41, 5.74) is -4.28. The van der Waals surface area contributed by atoms with E-state index in [0.717, 1.165) is 74.9 Å². The van der Waals surface area contributed by atoms with Gasteiger partial charge in [-0.1, -0.05) is 34.6 Å². The van der Waals surface area contributed by atoms with E-state index in [9.17, 15) is 44.3 Å². The lowest BCUT2D eigenvalue weighted by Gasteiger charge is -2.50. The number of hydrogen-bond donors (Lipinski definition) is 0. The van der Waals surface area contributed by atoms with E-state index < -0.39 is 45.7 Å². The topological polar surface area (TPSA) is 93.5 Å². The minimum atomic E-state index is -6.77. The molecule has 3 fully saturated rings. The Hall–Kier alpha value is -1.72. The molecule has 9 nitrogen and oxygen atoms in total. The molecule has 7 unspecified atom stereocenters. The fraction of sp³-hybridized carbons (Fsp3) is 0.818. The third kappa shape index (κ3) is 12.7. The number of ether oxygens (including phenoxy) is 3. The van der Waals surface area contributed by atoms with Gasteiger partial charge in [-0.2, -0.15) is 44.8 Å². The highest BCUT2D eigenvalue weighted by atomic mass is 33.1. The van der Waals surface area contributed by atoms with Gasteiger partial charge in [-0.15, -0.1) is 0 Å². The van der Waals surface area contributed by atoms with Crippen LogP contribution in [-0.2, 0) is 24.9 Å². The second kappa shape index (κ2) is 23.3. The SMILES string of the molecule is CC(C)N(C(C)C)P(OCCC#N)OCCCCCN(C(=O)Oc1ccc2c(c1)CCC1C2CCC2(C)C(OCCCOC(C(F)(F)F)(C(F)(F)F)C(F)(F)F)CCC12)C1CCSSC1. The van der Waals surface area contributed by atoms with Crippen LogP contribution in [-0.4, -0.2) is 109 Å². The fourth-order valence-electron chi connectivity index (χ4n) is 10.4. The molecule has 7 atom stereocenters. The van der Waals surface area contributed by atoms with Crippen LogP contribution in [0.3, 0.4) is 0 Å². The molecule has 0 bridgehead atoms. The number of fused-ring (bicyclic) bond motifs is 5. The van der Waals surface area contributed by atoms with E-state index >= 15 is 0 Å². The first-order valence-corrected chi connectivity index (χ1v) is 26.2. The number of carbonyl (C=O) groups is 1. The molecule has 0 spiro atoms. The second-order valence-corrected chi connectivity index (χ2v) is 22.3. The number of benzene rings is 1. The third-order valence-electron chi connectivity index (χ3n) is 13.4. The van der Waals surface area contributed by atoms with Crippen LogP contribution in [0.25, 0.3) is 0 Å². The number of amides is 1. The van der Waals surface area contributed by atoms with Crippen molar-refractivity contribution in [2.45, 2.75) is 166 Å². The van der Waals surface area contributed by atoms with Gasteiger partial charge in [-0.25, -0.2) is 9.46 Å². The number of alkyl halides is 9. The summed E-state index contributed by atoms with van der Waals surface area (Å²) in [6, 6.07) is 8.48. The van der Waals surface area contributed by atoms with Crippen LogP contribution in [0.5, 0.6) is 5.75 Å². The van der Waals surface area contributed by atoms with Crippen LogP contribution in [0, 0.1) is 28.6 Å². The molecule has 4 aliphatic rings. The van der Waals surface area contributed by atoms with E-state index in [2.05, 4.69) is 56.2 Å². The highest BCUT2D eigenvalue weighted by Gasteiger charge is 2.85. The van der Waals surface area contributed by atoms with Crippen LogP contribution in [0.2, 0.25) is 0 Å². The molecule has 21 heteroatoms. The van der Waals surface area contributed by atoms with Gasteiger partial charge in [0.05, 0.1) is 38.4 Å². The van der Waals surface area contributed by atoms with E-state index in [1.54, 1.807) is 21.6 Å². The number of unbranched alkanes of at least 4 members (excludes halogenated alkanes) is 2. The second-order valence-electron chi connectivity index (χ2n) is 18.2. The first-order chi connectivity index (χ1) is 30.6. The van der Waals surface area contributed by atoms with Crippen molar-refractivity contribution in [3.63, 3.8) is 0 Å². The molecule has 65 heavy (non-hydrogen) atoms. The van der Waals surface area contributed by atoms with Crippen LogP contribution in [0.15, 0.2) is 18.2 Å². The molecule has 0 N–H and O–H groups in total. The minimum absolute atomic E-state index is 0.0529. The molecule has 1 aromatic rings. The van der Waals surface area contributed by atoms with Crippen molar-refractivity contribution in [3.8, 4) is 11.8 Å². The smallest absolute Gasteiger partial charge is 0.410 e. The van der Waals surface area contributed by atoms with E-state index in [-0.39, 0.29) is 54.2 Å². The summed E-state index contributed by atoms with van der Waals surface area (Å²) in [7, 11) is 2.25. The van der Waals surface area contributed by atoms with E-state index in [1.807, 2.05) is 17.0 Å². The summed E-state index contributed by atoms with van der Waals surface area (Å²) in [5, 5.41) is 9.00. The summed E-state index contributed by atoms with van der Waals surface area (Å²) in [6.45, 7) is 10.0. The summed E-state index contributed by atoms with van der Waals surface area (Å²) in [4.78, 5) is 15.7. The molecule has 5 rings (SSSR count). The predicted octanol–water partition coefficient (Wildman–Crippen LogP) is 13.2. The fourth-order valence-corrected chi connectivity index (χ4v) is 14.5. The van der Waals surface area contributed by atoms with Crippen LogP contribution in [0.4, 0.5) is 44.3 Å². The van der Waals surface area contributed by atoms with Gasteiger partial charge in [-0.05, 0) is 145 Å². The number of aryl methyl sites for hydroxylation is 1. The molecule has 0 radical (unpaired) electrons. The lowest BCUT2D eigenvalue weighted by Crippen LogP contribution is -2.67. The molecular formula is C44H63F9N3O6PS2. The normalized spacial score (nSPS) is 25.6. The highest BCUT2D eigenvalue weighted by Crippen LogP contribution is 2.62. The van der Waals surface area contributed by atoms with Crippen molar-refractivity contribution in [2.75, 3.05) is 44.5 Å². The Morgan fingerprint density at radius 2 is 1.55 bits per heavy atom. The lowest BCUT2D eigenvalue weighted by molar-refractivity contribution is -0.457. The summed E-state index contributed by atoms with van der Waals surface area (Å²) in [5.74, 6) is 3.01. The van der Waals surface area contributed by atoms with Gasteiger partial charge >= 0.3 is 30.2 Å². The maximum atomic E-state index is 13.9. The largest absolute Gasteiger partial charge is 0.435 e. The number of nitriles is 1. The summed E-state index contributed by atoms with van der Waals surface area (Å²) in [6.07, 6.45) is -13.4. The minimum Gasteiger partial charge on any atom is -0.410 e. The molecule has 1 amide bonds. The number of rotatable bonds is 21. The van der Waals surface area contributed by atoms with Crippen molar-refractivity contribution in [1.82, 2.24) is 9.57 Å². The zero-order valence-corrected chi connectivity index (χ0v) is 40.2. The van der Waals surface area contributed by atoms with E-state index in [4.69, 9.17) is 23.8 Å². The first kappa shape index (κ1) is 54.2. The van der Waals surface area contributed by atoms with Crippen LogP contribution in [0.1, 0.15) is 122 Å². The Labute approximate surface area is 386 Å². The van der Waals surface area contributed by atoms with E-state index in [0.29, 0.717) is 44.3 Å². The maximum Gasteiger partial charge on any atom is 0.435 e. The molecule has 1 aromatic carbocycles. The summed E-state index contributed by atoms with van der Waals surface area (Å²) >= 11 is 0. The molecular weight excluding hydrogens is 933 g/mol. The highest BCUT2D eigenvalue weighted by molar-refractivity contribution is 8.76. The van der Waals surface area contributed by atoms with Crippen molar-refractivity contribution in [3.05, 3.63) is 29.3 Å². The Bertz CT molecular complexity index is 1690. The Morgan fingerprint density at radius 1 is 0.862 bits per heavy atom. The molecule has 1 heterocycles. The molecule has 2 saturated carbocycles. The Morgan fingerprint density at radius 3 is 2.18 bits per heavy atom. The van der Waals surface area contributed by atoms with E-state index in [1.165, 1.54) is 5.56 Å². The van der Waals surface area contributed by atoms with Crippen molar-refractivity contribution < 1.29 is 67.6 Å². The van der Waals surface area contributed by atoms with Crippen molar-refractivity contribution in [1.29, 1.82) is 5.26 Å². The molecule has 0 aromatic heterocycles. The standard InChI is InChI=1S/C44H63F9N3O6PS2/c1-29(2)56(30(3)4)63(61-25-9-20-54)60-24-8-6-7-21-55(32-18-26-64-65-28-32)39(57)62-33-12-14-34-31(27-33)11-13-36-35(34)17-19-40(5)37(36)15-16-38(40)58-22-10-23-59-41(42(45,46)47,43(48,49)50)44(51,52)53/h12,14,27,29-30,32,35-38H,6-11,13,15-19,21-26,28H2,1-5H3. The number of halogens is 9. The average molecular weight is 996 g/mol. The zero-order chi connectivity index (χ0) is 47.8. The van der Waals surface area contributed by atoms with Gasteiger partial charge in [0.15, 0.2) is 0 Å². The number of carbonyl (C=O) groups excluding carboxylic acids is 1. The van der Waals surface area contributed by atoms with Gasteiger partial charge in [-0.3, -0.25) is 0 Å². The van der Waals surface area contributed by atoms with Gasteiger partial charge in [0.1, 0.15) is 5.75 Å². The monoisotopic (exact) mass is 995 g/mol. The van der Waals surface area contributed by atoms with Crippen LogP contribution < -0.4 is 4.74 Å². The maximum absolute atomic E-state index is 13.9. The van der Waals surface area contributed by atoms with Gasteiger partial charge < -0.3 is 28.2 Å². The van der Waals surface area contributed by atoms with Crippen LogP contribution >= 0.6 is 30.1 Å². The number of hydrogen-bond acceptors (Lipinski definition) is 10.